The Morgan fingerprint density at radius 1 is 1.50 bits per heavy atom. The van der Waals surface area contributed by atoms with Crippen LogP contribution in [0, 0.1) is 12.8 Å². The fourth-order valence-electron chi connectivity index (χ4n) is 3.12. The van der Waals surface area contributed by atoms with Crippen LogP contribution >= 0.6 is 28.3 Å². The molecule has 1 aromatic heterocycles. The molecule has 0 radical (unpaired) electrons. The summed E-state index contributed by atoms with van der Waals surface area (Å²) < 4.78 is 6.78. The maximum Gasteiger partial charge on any atom is 0.290 e. The van der Waals surface area contributed by atoms with Gasteiger partial charge in [0.15, 0.2) is 5.76 Å². The van der Waals surface area contributed by atoms with Gasteiger partial charge < -0.3 is 15.1 Å². The molecule has 2 N–H and O–H groups in total. The van der Waals surface area contributed by atoms with Crippen molar-refractivity contribution in [1.82, 2.24) is 4.90 Å². The molecule has 0 bridgehead atoms. The smallest absolute Gasteiger partial charge is 0.290 e. The molecule has 1 aromatic carbocycles. The maximum atomic E-state index is 12.8. The van der Waals surface area contributed by atoms with Gasteiger partial charge >= 0.3 is 0 Å². The molecule has 2 aromatic rings. The van der Waals surface area contributed by atoms with Crippen molar-refractivity contribution in [3.05, 3.63) is 34.0 Å². The van der Waals surface area contributed by atoms with Crippen molar-refractivity contribution in [2.24, 2.45) is 11.7 Å². The number of hydrogen-bond acceptors (Lipinski definition) is 3. The third kappa shape index (κ3) is 2.90. The molecule has 1 aliphatic heterocycles. The third-order valence-electron chi connectivity index (χ3n) is 4.35. The van der Waals surface area contributed by atoms with Crippen molar-refractivity contribution in [1.29, 1.82) is 0 Å². The monoisotopic (exact) mass is 386 g/mol. The normalized spacial score (nSPS) is 21.2. The Hall–Kier alpha value is -1.04. The summed E-state index contributed by atoms with van der Waals surface area (Å²) in [4.78, 5) is 14.7. The molecule has 1 saturated heterocycles. The molecular formula is C16H20BrClN2O2. The molecule has 22 heavy (non-hydrogen) atoms. The van der Waals surface area contributed by atoms with Crippen molar-refractivity contribution in [3.63, 3.8) is 0 Å². The number of nitrogens with zero attached hydrogens (tertiary/aromatic N) is 1. The minimum Gasteiger partial charge on any atom is -0.451 e. The lowest BCUT2D eigenvalue weighted by Crippen LogP contribution is -2.34. The lowest BCUT2D eigenvalue weighted by atomic mass is 10.1. The van der Waals surface area contributed by atoms with Crippen molar-refractivity contribution >= 4 is 45.2 Å². The Morgan fingerprint density at radius 2 is 2.23 bits per heavy atom. The first-order chi connectivity index (χ1) is 10.0. The van der Waals surface area contributed by atoms with Gasteiger partial charge in [0, 0.05) is 28.0 Å². The highest BCUT2D eigenvalue weighted by molar-refractivity contribution is 9.10. The van der Waals surface area contributed by atoms with Crippen molar-refractivity contribution in [2.75, 3.05) is 13.1 Å². The third-order valence-corrected chi connectivity index (χ3v) is 4.84. The van der Waals surface area contributed by atoms with Crippen LogP contribution in [0.25, 0.3) is 11.0 Å². The number of halogens is 2. The van der Waals surface area contributed by atoms with Crippen molar-refractivity contribution in [2.45, 2.75) is 26.3 Å². The Morgan fingerprint density at radius 3 is 2.86 bits per heavy atom. The van der Waals surface area contributed by atoms with E-state index in [0.717, 1.165) is 34.0 Å². The number of carbonyl (C=O) groups excluding carboxylic acids is 1. The molecule has 6 heteroatoms. The van der Waals surface area contributed by atoms with Gasteiger partial charge in [-0.3, -0.25) is 4.79 Å². The molecule has 1 aliphatic rings. The van der Waals surface area contributed by atoms with E-state index in [1.807, 2.05) is 30.0 Å². The largest absolute Gasteiger partial charge is 0.451 e. The summed E-state index contributed by atoms with van der Waals surface area (Å²) in [6.45, 7) is 5.35. The fourth-order valence-corrected chi connectivity index (χ4v) is 3.48. The number of fused-ring (bicyclic) bond motifs is 1. The zero-order valence-electron chi connectivity index (χ0n) is 12.6. The number of amides is 1. The Bertz CT molecular complexity index is 701. The topological polar surface area (TPSA) is 59.5 Å². The minimum absolute atomic E-state index is 0. The number of nitrogens with two attached hydrogens (primary N) is 1. The predicted octanol–water partition coefficient (Wildman–Crippen LogP) is 3.73. The fraction of sp³-hybridized carbons (Fsp3) is 0.438. The number of benzene rings is 1. The Labute approximate surface area is 144 Å². The molecule has 1 fully saturated rings. The molecule has 3 rings (SSSR count). The quantitative estimate of drug-likeness (QED) is 0.854. The lowest BCUT2D eigenvalue weighted by molar-refractivity contribution is 0.0712. The van der Waals surface area contributed by atoms with Crippen LogP contribution in [-0.4, -0.2) is 29.9 Å². The second-order valence-electron chi connectivity index (χ2n) is 5.84. The molecule has 4 nitrogen and oxygen atoms in total. The number of furan rings is 1. The van der Waals surface area contributed by atoms with Gasteiger partial charge in [0.2, 0.25) is 0 Å². The summed E-state index contributed by atoms with van der Waals surface area (Å²) in [7, 11) is 0. The molecule has 2 atom stereocenters. The molecule has 0 spiro atoms. The van der Waals surface area contributed by atoms with E-state index in [1.54, 1.807) is 0 Å². The van der Waals surface area contributed by atoms with E-state index in [0.29, 0.717) is 18.2 Å². The molecule has 1 amide bonds. The first kappa shape index (κ1) is 17.3. The van der Waals surface area contributed by atoms with Gasteiger partial charge in [0.25, 0.3) is 5.91 Å². The molecular weight excluding hydrogens is 368 g/mol. The highest BCUT2D eigenvalue weighted by Crippen LogP contribution is 2.31. The second kappa shape index (κ2) is 6.60. The van der Waals surface area contributed by atoms with Crippen molar-refractivity contribution in [3.8, 4) is 0 Å². The Balaban J connectivity index is 0.00000176. The van der Waals surface area contributed by atoms with Gasteiger partial charge in [0.1, 0.15) is 5.58 Å². The van der Waals surface area contributed by atoms with Crippen LogP contribution in [0.4, 0.5) is 0 Å². The van der Waals surface area contributed by atoms with Gasteiger partial charge in [-0.05, 0) is 50.9 Å². The zero-order valence-corrected chi connectivity index (χ0v) is 15.0. The molecule has 2 heterocycles. The van der Waals surface area contributed by atoms with Gasteiger partial charge in [-0.25, -0.2) is 0 Å². The summed E-state index contributed by atoms with van der Waals surface area (Å²) in [5, 5.41) is 0.981. The number of hydrogen-bond donors (Lipinski definition) is 1. The summed E-state index contributed by atoms with van der Waals surface area (Å²) >= 11 is 3.46. The van der Waals surface area contributed by atoms with E-state index in [2.05, 4.69) is 22.9 Å². The van der Waals surface area contributed by atoms with Crippen LogP contribution in [0.3, 0.4) is 0 Å². The molecule has 0 aliphatic carbocycles. The van der Waals surface area contributed by atoms with Crippen LogP contribution in [0.2, 0.25) is 0 Å². The second-order valence-corrected chi connectivity index (χ2v) is 6.76. The standard InChI is InChI=1S/C16H19BrN2O2.ClH/c1-9-5-11(7-18)8-19(9)16(20)15-10(2)13-6-12(17)3-4-14(13)21-15;/h3-4,6,9,11H,5,7-8,18H2,1-2H3;1H. The van der Waals surface area contributed by atoms with E-state index >= 15 is 0 Å². The maximum absolute atomic E-state index is 12.8. The van der Waals surface area contributed by atoms with E-state index in [-0.39, 0.29) is 24.4 Å². The first-order valence-corrected chi connectivity index (χ1v) is 8.00. The minimum atomic E-state index is -0.0247. The number of carbonyl (C=O) groups is 1. The first-order valence-electron chi connectivity index (χ1n) is 7.21. The summed E-state index contributed by atoms with van der Waals surface area (Å²) in [5.41, 5.74) is 7.39. The molecule has 120 valence electrons. The van der Waals surface area contributed by atoms with Gasteiger partial charge in [-0.1, -0.05) is 15.9 Å². The van der Waals surface area contributed by atoms with Gasteiger partial charge in [-0.2, -0.15) is 0 Å². The number of aryl methyl sites for hydroxylation is 1. The average molecular weight is 388 g/mol. The van der Waals surface area contributed by atoms with Crippen LogP contribution in [-0.2, 0) is 0 Å². The number of rotatable bonds is 2. The Kier molecular flexibility index (Phi) is 5.20. The van der Waals surface area contributed by atoms with E-state index in [1.165, 1.54) is 0 Å². The predicted molar refractivity (Wildman–Crippen MR) is 93.6 cm³/mol. The number of likely N-dealkylation sites (tertiary alicyclic amines) is 1. The molecule has 2 unspecified atom stereocenters. The summed E-state index contributed by atoms with van der Waals surface area (Å²) in [6, 6.07) is 6.01. The summed E-state index contributed by atoms with van der Waals surface area (Å²) in [6.07, 6.45) is 0.965. The van der Waals surface area contributed by atoms with Crippen LogP contribution < -0.4 is 5.73 Å². The summed E-state index contributed by atoms with van der Waals surface area (Å²) in [5.74, 6) is 0.818. The zero-order chi connectivity index (χ0) is 15.1. The van der Waals surface area contributed by atoms with Crippen LogP contribution in [0.5, 0.6) is 0 Å². The van der Waals surface area contributed by atoms with Crippen molar-refractivity contribution < 1.29 is 9.21 Å². The van der Waals surface area contributed by atoms with E-state index < -0.39 is 0 Å². The van der Waals surface area contributed by atoms with Gasteiger partial charge in [0.05, 0.1) is 0 Å². The average Bonchev–Trinajstić information content (AvgIpc) is 2.99. The lowest BCUT2D eigenvalue weighted by Gasteiger charge is -2.20. The van der Waals surface area contributed by atoms with Crippen LogP contribution in [0.1, 0.15) is 29.5 Å². The van der Waals surface area contributed by atoms with E-state index in [9.17, 15) is 4.79 Å². The van der Waals surface area contributed by atoms with E-state index in [4.69, 9.17) is 10.2 Å². The SMILES string of the molecule is Cc1c(C(=O)N2CC(CN)CC2C)oc2ccc(Br)cc12.Cl. The molecule has 0 saturated carbocycles. The highest BCUT2D eigenvalue weighted by atomic mass is 79.9. The van der Waals surface area contributed by atoms with Crippen LogP contribution in [0.15, 0.2) is 27.1 Å². The highest BCUT2D eigenvalue weighted by Gasteiger charge is 2.34. The van der Waals surface area contributed by atoms with Gasteiger partial charge in [-0.15, -0.1) is 12.4 Å².